The van der Waals surface area contributed by atoms with Crippen molar-refractivity contribution in [2.45, 2.75) is 33.1 Å². The van der Waals surface area contributed by atoms with Crippen molar-refractivity contribution in [3.8, 4) is 0 Å². The van der Waals surface area contributed by atoms with Crippen LogP contribution in [-0.4, -0.2) is 26.6 Å². The van der Waals surface area contributed by atoms with Gasteiger partial charge >= 0.3 is 0 Å². The van der Waals surface area contributed by atoms with Crippen LogP contribution in [-0.2, 0) is 14.8 Å². The maximum atomic E-state index is 11.2. The number of primary sulfonamides is 1. The molecule has 3 N–H and O–H groups in total. The molecule has 0 radical (unpaired) electrons. The van der Waals surface area contributed by atoms with Gasteiger partial charge in [-0.15, -0.1) is 0 Å². The van der Waals surface area contributed by atoms with Crippen LogP contribution in [0, 0.1) is 5.92 Å². The molecule has 0 saturated heterocycles. The van der Waals surface area contributed by atoms with E-state index < -0.39 is 10.0 Å². The summed E-state index contributed by atoms with van der Waals surface area (Å²) >= 11 is 0. The second-order valence-corrected chi connectivity index (χ2v) is 5.74. The predicted octanol–water partition coefficient (Wildman–Crippen LogP) is 0.217. The Hall–Kier alpha value is -0.620. The summed E-state index contributed by atoms with van der Waals surface area (Å²) in [5.41, 5.74) is 0. The summed E-state index contributed by atoms with van der Waals surface area (Å²) in [7, 11) is -3.40. The maximum Gasteiger partial charge on any atom is 0.220 e. The van der Waals surface area contributed by atoms with Crippen LogP contribution in [0.25, 0.3) is 0 Å². The van der Waals surface area contributed by atoms with Crippen molar-refractivity contribution in [1.82, 2.24) is 5.32 Å². The standard InChI is InChI=1S/C9H20N2O3S/c1-8(2)4-5-9(12)11-6-3-7-15(10,13)14/h8H,3-7H2,1-2H3,(H,11,12)(H2,10,13,14). The Morgan fingerprint density at radius 2 is 2.00 bits per heavy atom. The van der Waals surface area contributed by atoms with Crippen LogP contribution in [0.4, 0.5) is 0 Å². The molecule has 0 aromatic heterocycles. The summed E-state index contributed by atoms with van der Waals surface area (Å²) in [6.45, 7) is 4.47. The number of nitrogens with one attached hydrogen (secondary N) is 1. The van der Waals surface area contributed by atoms with E-state index in [1.165, 1.54) is 0 Å². The van der Waals surface area contributed by atoms with Gasteiger partial charge in [-0.1, -0.05) is 13.8 Å². The Bertz CT molecular complexity index is 286. The molecule has 90 valence electrons. The molecule has 0 fully saturated rings. The average Bonchev–Trinajstić information content (AvgIpc) is 2.07. The normalized spacial score (nSPS) is 11.7. The molecule has 0 heterocycles. The predicted molar refractivity (Wildman–Crippen MR) is 59.7 cm³/mol. The number of amides is 1. The Morgan fingerprint density at radius 3 is 2.47 bits per heavy atom. The Balaban J connectivity index is 3.48. The first kappa shape index (κ1) is 14.4. The van der Waals surface area contributed by atoms with E-state index >= 15 is 0 Å². The van der Waals surface area contributed by atoms with Crippen molar-refractivity contribution in [1.29, 1.82) is 0 Å². The zero-order valence-electron chi connectivity index (χ0n) is 9.32. The molecular formula is C9H20N2O3S. The summed E-state index contributed by atoms with van der Waals surface area (Å²) in [6.07, 6.45) is 1.71. The number of sulfonamides is 1. The molecule has 1 amide bonds. The van der Waals surface area contributed by atoms with Gasteiger partial charge in [0.2, 0.25) is 15.9 Å². The minimum atomic E-state index is -3.40. The van der Waals surface area contributed by atoms with E-state index in [0.717, 1.165) is 6.42 Å². The topological polar surface area (TPSA) is 89.3 Å². The maximum absolute atomic E-state index is 11.2. The van der Waals surface area contributed by atoms with E-state index in [0.29, 0.717) is 25.3 Å². The first-order valence-corrected chi connectivity index (χ1v) is 6.80. The molecule has 0 bridgehead atoms. The summed E-state index contributed by atoms with van der Waals surface area (Å²) in [5.74, 6) is 0.385. The van der Waals surface area contributed by atoms with Gasteiger partial charge in [0, 0.05) is 13.0 Å². The summed E-state index contributed by atoms with van der Waals surface area (Å²) in [6, 6.07) is 0. The highest BCUT2D eigenvalue weighted by atomic mass is 32.2. The van der Waals surface area contributed by atoms with Crippen molar-refractivity contribution in [3.05, 3.63) is 0 Å². The van der Waals surface area contributed by atoms with Crippen molar-refractivity contribution in [2.75, 3.05) is 12.3 Å². The molecule has 0 aliphatic carbocycles. The fraction of sp³-hybridized carbons (Fsp3) is 0.889. The Kier molecular flexibility index (Phi) is 6.51. The highest BCUT2D eigenvalue weighted by Gasteiger charge is 2.04. The quantitative estimate of drug-likeness (QED) is 0.619. The minimum Gasteiger partial charge on any atom is -0.356 e. The monoisotopic (exact) mass is 236 g/mol. The van der Waals surface area contributed by atoms with Crippen LogP contribution < -0.4 is 10.5 Å². The molecular weight excluding hydrogens is 216 g/mol. The average molecular weight is 236 g/mol. The number of carbonyl (C=O) groups is 1. The van der Waals surface area contributed by atoms with Crippen LogP contribution >= 0.6 is 0 Å². The molecule has 0 atom stereocenters. The van der Waals surface area contributed by atoms with Gasteiger partial charge in [-0.05, 0) is 18.8 Å². The SMILES string of the molecule is CC(C)CCC(=O)NCCCS(N)(=O)=O. The number of hydrogen-bond donors (Lipinski definition) is 2. The van der Waals surface area contributed by atoms with Crippen LogP contribution in [0.1, 0.15) is 33.1 Å². The van der Waals surface area contributed by atoms with E-state index in [1.54, 1.807) is 0 Å². The smallest absolute Gasteiger partial charge is 0.220 e. The number of hydrogen-bond acceptors (Lipinski definition) is 3. The molecule has 0 aromatic rings. The molecule has 0 unspecified atom stereocenters. The highest BCUT2D eigenvalue weighted by molar-refractivity contribution is 7.89. The number of rotatable bonds is 7. The van der Waals surface area contributed by atoms with Crippen molar-refractivity contribution >= 4 is 15.9 Å². The second kappa shape index (κ2) is 6.79. The van der Waals surface area contributed by atoms with Crippen molar-refractivity contribution in [2.24, 2.45) is 11.1 Å². The van der Waals surface area contributed by atoms with Gasteiger partial charge in [-0.3, -0.25) is 4.79 Å². The van der Waals surface area contributed by atoms with Crippen LogP contribution in [0.2, 0.25) is 0 Å². The van der Waals surface area contributed by atoms with Crippen LogP contribution in [0.15, 0.2) is 0 Å². The molecule has 0 spiro atoms. The fourth-order valence-corrected chi connectivity index (χ4v) is 1.56. The molecule has 0 aliphatic rings. The van der Waals surface area contributed by atoms with Gasteiger partial charge in [-0.25, -0.2) is 13.6 Å². The summed E-state index contributed by atoms with van der Waals surface area (Å²) in [5, 5.41) is 7.46. The van der Waals surface area contributed by atoms with Crippen LogP contribution in [0.3, 0.4) is 0 Å². The Labute approximate surface area is 91.5 Å². The molecule has 0 rings (SSSR count). The minimum absolute atomic E-state index is 0.0295. The third-order valence-corrected chi connectivity index (χ3v) is 2.73. The molecule has 6 heteroatoms. The lowest BCUT2D eigenvalue weighted by Gasteiger charge is -2.06. The summed E-state index contributed by atoms with van der Waals surface area (Å²) in [4.78, 5) is 11.2. The van der Waals surface area contributed by atoms with Gasteiger partial charge in [0.15, 0.2) is 0 Å². The molecule has 0 aromatic carbocycles. The van der Waals surface area contributed by atoms with Gasteiger partial charge in [0.05, 0.1) is 5.75 Å². The number of nitrogens with two attached hydrogens (primary N) is 1. The lowest BCUT2D eigenvalue weighted by atomic mass is 10.1. The lowest BCUT2D eigenvalue weighted by Crippen LogP contribution is -2.27. The summed E-state index contributed by atoms with van der Waals surface area (Å²) < 4.78 is 21.1. The van der Waals surface area contributed by atoms with Gasteiger partial charge in [0.25, 0.3) is 0 Å². The van der Waals surface area contributed by atoms with Crippen molar-refractivity contribution in [3.63, 3.8) is 0 Å². The lowest BCUT2D eigenvalue weighted by molar-refractivity contribution is -0.121. The van der Waals surface area contributed by atoms with Crippen LogP contribution in [0.5, 0.6) is 0 Å². The third kappa shape index (κ3) is 11.3. The van der Waals surface area contributed by atoms with Crippen molar-refractivity contribution < 1.29 is 13.2 Å². The second-order valence-electron chi connectivity index (χ2n) is 4.00. The zero-order valence-corrected chi connectivity index (χ0v) is 10.1. The fourth-order valence-electron chi connectivity index (χ4n) is 1.01. The zero-order chi connectivity index (χ0) is 11.9. The highest BCUT2D eigenvalue weighted by Crippen LogP contribution is 2.02. The van der Waals surface area contributed by atoms with E-state index in [9.17, 15) is 13.2 Å². The first-order valence-electron chi connectivity index (χ1n) is 5.08. The van der Waals surface area contributed by atoms with E-state index in [2.05, 4.69) is 5.32 Å². The Morgan fingerprint density at radius 1 is 1.40 bits per heavy atom. The molecule has 15 heavy (non-hydrogen) atoms. The first-order chi connectivity index (χ1) is 6.81. The van der Waals surface area contributed by atoms with Gasteiger partial charge in [0.1, 0.15) is 0 Å². The molecule has 5 nitrogen and oxygen atoms in total. The molecule has 0 aliphatic heterocycles. The van der Waals surface area contributed by atoms with E-state index in [4.69, 9.17) is 5.14 Å². The largest absolute Gasteiger partial charge is 0.356 e. The van der Waals surface area contributed by atoms with Gasteiger partial charge in [-0.2, -0.15) is 0 Å². The molecule has 0 saturated carbocycles. The van der Waals surface area contributed by atoms with Gasteiger partial charge < -0.3 is 5.32 Å². The number of carbonyl (C=O) groups excluding carboxylic acids is 1. The third-order valence-electron chi connectivity index (χ3n) is 1.88. The van der Waals surface area contributed by atoms with E-state index in [1.807, 2.05) is 13.8 Å². The van der Waals surface area contributed by atoms with E-state index in [-0.39, 0.29) is 11.7 Å².